The highest BCUT2D eigenvalue weighted by molar-refractivity contribution is 9.10. The second-order valence-corrected chi connectivity index (χ2v) is 8.02. The zero-order chi connectivity index (χ0) is 23.0. The van der Waals surface area contributed by atoms with Crippen molar-refractivity contribution in [2.24, 2.45) is 5.10 Å². The minimum absolute atomic E-state index is 0.275. The van der Waals surface area contributed by atoms with Crippen molar-refractivity contribution < 1.29 is 13.9 Å². The number of hydrogen-bond acceptors (Lipinski definition) is 4. The quantitative estimate of drug-likeness (QED) is 0.186. The lowest BCUT2D eigenvalue weighted by Gasteiger charge is -2.19. The Bertz CT molecular complexity index is 1180. The molecule has 0 amide bonds. The molecule has 0 aliphatic carbocycles. The van der Waals surface area contributed by atoms with Crippen molar-refractivity contribution in [1.82, 2.24) is 0 Å². The van der Waals surface area contributed by atoms with Crippen LogP contribution >= 0.6 is 15.9 Å². The number of nitrogens with zero attached hydrogens (tertiary/aromatic N) is 2. The van der Waals surface area contributed by atoms with E-state index in [-0.39, 0.29) is 5.82 Å². The molecule has 0 spiro atoms. The van der Waals surface area contributed by atoms with Crippen LogP contribution in [0.1, 0.15) is 11.1 Å². The first-order valence-corrected chi connectivity index (χ1v) is 11.1. The number of hydrazone groups is 1. The van der Waals surface area contributed by atoms with Gasteiger partial charge in [-0.05, 0) is 70.0 Å². The van der Waals surface area contributed by atoms with Crippen LogP contribution in [-0.4, -0.2) is 13.3 Å². The minimum atomic E-state index is -0.275. The molecule has 6 heteroatoms. The summed E-state index contributed by atoms with van der Waals surface area (Å²) in [4.78, 5) is 0. The van der Waals surface area contributed by atoms with Gasteiger partial charge in [0.05, 0.1) is 24.7 Å². The topological polar surface area (TPSA) is 34.1 Å². The molecule has 166 valence electrons. The number of hydrogen-bond donors (Lipinski definition) is 0. The van der Waals surface area contributed by atoms with E-state index in [1.807, 2.05) is 77.8 Å². The molecule has 4 aromatic rings. The maximum absolute atomic E-state index is 13.1. The van der Waals surface area contributed by atoms with Crippen molar-refractivity contribution in [3.8, 4) is 11.5 Å². The minimum Gasteiger partial charge on any atom is -0.493 e. The van der Waals surface area contributed by atoms with Crippen LogP contribution in [0.2, 0.25) is 0 Å². The normalized spacial score (nSPS) is 10.9. The van der Waals surface area contributed by atoms with E-state index in [9.17, 15) is 4.39 Å². The first-order chi connectivity index (χ1) is 16.1. The van der Waals surface area contributed by atoms with Gasteiger partial charge >= 0.3 is 0 Å². The molecule has 0 aromatic heterocycles. The molecule has 0 saturated carbocycles. The Morgan fingerprint density at radius 3 is 2.03 bits per heavy atom. The Balaban J connectivity index is 1.59. The van der Waals surface area contributed by atoms with Gasteiger partial charge in [0.2, 0.25) is 0 Å². The van der Waals surface area contributed by atoms with Gasteiger partial charge in [0.15, 0.2) is 11.5 Å². The summed E-state index contributed by atoms with van der Waals surface area (Å²) < 4.78 is 25.4. The van der Waals surface area contributed by atoms with Gasteiger partial charge in [-0.15, -0.1) is 0 Å². The molecule has 0 bridgehead atoms. The Morgan fingerprint density at radius 2 is 1.45 bits per heavy atom. The third-order valence-electron chi connectivity index (χ3n) is 4.90. The Labute approximate surface area is 201 Å². The molecule has 0 atom stereocenters. The van der Waals surface area contributed by atoms with Crippen LogP contribution in [0, 0.1) is 5.82 Å². The molecular formula is C27H22BrFN2O2. The smallest absolute Gasteiger partial charge is 0.162 e. The Kier molecular flexibility index (Phi) is 7.37. The van der Waals surface area contributed by atoms with E-state index < -0.39 is 0 Å². The van der Waals surface area contributed by atoms with Gasteiger partial charge in [-0.2, -0.15) is 5.10 Å². The third-order valence-corrected chi connectivity index (χ3v) is 5.59. The molecule has 0 unspecified atom stereocenters. The highest BCUT2D eigenvalue weighted by Crippen LogP contribution is 2.34. The molecule has 0 fully saturated rings. The van der Waals surface area contributed by atoms with Crippen LogP contribution in [0.5, 0.6) is 11.5 Å². The van der Waals surface area contributed by atoms with Gasteiger partial charge in [0.1, 0.15) is 12.4 Å². The zero-order valence-corrected chi connectivity index (χ0v) is 19.6. The number of rotatable bonds is 8. The Hall–Kier alpha value is -3.64. The molecule has 0 N–H and O–H groups in total. The van der Waals surface area contributed by atoms with Crippen LogP contribution in [0.4, 0.5) is 15.8 Å². The lowest BCUT2D eigenvalue weighted by atomic mass is 10.2. The molecule has 0 radical (unpaired) electrons. The summed E-state index contributed by atoms with van der Waals surface area (Å²) in [6.45, 7) is 0.298. The average Bonchev–Trinajstić information content (AvgIpc) is 2.86. The summed E-state index contributed by atoms with van der Waals surface area (Å²) >= 11 is 3.61. The summed E-state index contributed by atoms with van der Waals surface area (Å²) in [5.74, 6) is 0.879. The van der Waals surface area contributed by atoms with Crippen molar-refractivity contribution in [2.75, 3.05) is 12.1 Å². The largest absolute Gasteiger partial charge is 0.493 e. The van der Waals surface area contributed by atoms with Crippen molar-refractivity contribution >= 4 is 33.5 Å². The molecule has 4 nitrogen and oxygen atoms in total. The number of anilines is 2. The first-order valence-electron chi connectivity index (χ1n) is 10.3. The molecule has 0 saturated heterocycles. The number of methoxy groups -OCH3 is 1. The molecular weight excluding hydrogens is 483 g/mol. The Morgan fingerprint density at radius 1 is 0.848 bits per heavy atom. The summed E-state index contributed by atoms with van der Waals surface area (Å²) in [6.07, 6.45) is 1.77. The fourth-order valence-corrected chi connectivity index (χ4v) is 3.63. The standard InChI is InChI=1S/C27H22BrFN2O2/c1-32-26-16-21(25(28)17-27(26)33-19-20-12-14-22(29)15-13-20)18-30-31(23-8-4-2-5-9-23)24-10-6-3-7-11-24/h2-18H,19H2,1H3. The second kappa shape index (κ2) is 10.8. The monoisotopic (exact) mass is 504 g/mol. The van der Waals surface area contributed by atoms with Crippen molar-refractivity contribution in [2.45, 2.75) is 6.61 Å². The maximum Gasteiger partial charge on any atom is 0.162 e. The number of ether oxygens (including phenoxy) is 2. The van der Waals surface area contributed by atoms with E-state index >= 15 is 0 Å². The molecule has 4 aromatic carbocycles. The highest BCUT2D eigenvalue weighted by atomic mass is 79.9. The fourth-order valence-electron chi connectivity index (χ4n) is 3.20. The lowest BCUT2D eigenvalue weighted by Crippen LogP contribution is -2.09. The van der Waals surface area contributed by atoms with E-state index in [0.29, 0.717) is 18.1 Å². The van der Waals surface area contributed by atoms with Crippen LogP contribution in [0.15, 0.2) is 107 Å². The SMILES string of the molecule is COc1cc(C=NN(c2ccccc2)c2ccccc2)c(Br)cc1OCc1ccc(F)cc1. The van der Waals surface area contributed by atoms with Gasteiger partial charge in [-0.3, -0.25) is 0 Å². The van der Waals surface area contributed by atoms with Crippen LogP contribution < -0.4 is 14.5 Å². The van der Waals surface area contributed by atoms with Crippen molar-refractivity contribution in [1.29, 1.82) is 0 Å². The molecule has 0 aliphatic heterocycles. The number of para-hydroxylation sites is 2. The summed E-state index contributed by atoms with van der Waals surface area (Å²) in [6, 6.07) is 29.8. The predicted octanol–water partition coefficient (Wildman–Crippen LogP) is 7.35. The maximum atomic E-state index is 13.1. The number of benzene rings is 4. The average molecular weight is 505 g/mol. The first kappa shape index (κ1) is 22.6. The fraction of sp³-hybridized carbons (Fsp3) is 0.0741. The zero-order valence-electron chi connectivity index (χ0n) is 18.0. The van der Waals surface area contributed by atoms with Gasteiger partial charge in [0, 0.05) is 10.0 Å². The van der Waals surface area contributed by atoms with E-state index in [2.05, 4.69) is 15.9 Å². The van der Waals surface area contributed by atoms with Crippen LogP contribution in [0.3, 0.4) is 0 Å². The number of halogens is 2. The summed E-state index contributed by atoms with van der Waals surface area (Å²) in [7, 11) is 1.59. The van der Waals surface area contributed by atoms with Gasteiger partial charge in [-0.1, -0.05) is 48.5 Å². The predicted molar refractivity (Wildman–Crippen MR) is 134 cm³/mol. The second-order valence-electron chi connectivity index (χ2n) is 7.17. The molecule has 33 heavy (non-hydrogen) atoms. The van der Waals surface area contributed by atoms with E-state index in [4.69, 9.17) is 14.6 Å². The molecule has 4 rings (SSSR count). The third kappa shape index (κ3) is 5.79. The van der Waals surface area contributed by atoms with Crippen LogP contribution in [0.25, 0.3) is 0 Å². The van der Waals surface area contributed by atoms with E-state index in [1.165, 1.54) is 12.1 Å². The van der Waals surface area contributed by atoms with Gasteiger partial charge < -0.3 is 9.47 Å². The summed E-state index contributed by atoms with van der Waals surface area (Å²) in [5.41, 5.74) is 3.59. The van der Waals surface area contributed by atoms with Crippen molar-refractivity contribution in [3.05, 3.63) is 118 Å². The molecule has 0 heterocycles. The van der Waals surface area contributed by atoms with Crippen molar-refractivity contribution in [3.63, 3.8) is 0 Å². The van der Waals surface area contributed by atoms with E-state index in [0.717, 1.165) is 27.0 Å². The van der Waals surface area contributed by atoms with Crippen LogP contribution in [-0.2, 0) is 6.61 Å². The summed E-state index contributed by atoms with van der Waals surface area (Å²) in [5, 5.41) is 6.62. The molecule has 0 aliphatic rings. The van der Waals surface area contributed by atoms with Gasteiger partial charge in [-0.25, -0.2) is 9.40 Å². The van der Waals surface area contributed by atoms with E-state index in [1.54, 1.807) is 25.5 Å². The van der Waals surface area contributed by atoms with Gasteiger partial charge in [0.25, 0.3) is 0 Å². The highest BCUT2D eigenvalue weighted by Gasteiger charge is 2.12. The lowest BCUT2D eigenvalue weighted by molar-refractivity contribution is 0.284.